The summed E-state index contributed by atoms with van der Waals surface area (Å²) in [5.74, 6) is 2.93. The zero-order valence-corrected chi connectivity index (χ0v) is 48.1. The summed E-state index contributed by atoms with van der Waals surface area (Å²) in [6.07, 6.45) is 0. The molecule has 8 heterocycles. The predicted octanol–water partition coefficient (Wildman–Crippen LogP) is 21.5. The van der Waals surface area contributed by atoms with Gasteiger partial charge in [0.15, 0.2) is 0 Å². The van der Waals surface area contributed by atoms with Gasteiger partial charge in [0.05, 0.1) is 44.8 Å². The fraction of sp³-hybridized carbons (Fsp3) is 0.0244. The van der Waals surface area contributed by atoms with Gasteiger partial charge in [0.1, 0.15) is 44.7 Å². The van der Waals surface area contributed by atoms with E-state index in [-0.39, 0.29) is 0 Å². The van der Waals surface area contributed by atoms with Gasteiger partial charge in [-0.1, -0.05) is 182 Å². The number of hydrogen-bond acceptors (Lipinski definition) is 6. The van der Waals surface area contributed by atoms with E-state index in [1.807, 2.05) is 12.1 Å². The summed E-state index contributed by atoms with van der Waals surface area (Å²) in [5.41, 5.74) is 17.4. The molecule has 0 unspecified atom stereocenters. The molecule has 12 aromatic carbocycles. The quantitative estimate of drug-likeness (QED) is 0.175. The first-order valence-electron chi connectivity index (χ1n) is 30.7. The Morgan fingerprint density at radius 1 is 0.222 bits per heavy atom. The van der Waals surface area contributed by atoms with Crippen LogP contribution in [0.1, 0.15) is 44.9 Å². The van der Waals surface area contributed by atoms with Crippen molar-refractivity contribution in [2.75, 3.05) is 9.80 Å². The Bertz CT molecular complexity index is 5580. The lowest BCUT2D eigenvalue weighted by molar-refractivity contribution is 0.388. The highest BCUT2D eigenvalue weighted by atomic mass is 16.4. The van der Waals surface area contributed by atoms with Gasteiger partial charge in [-0.25, -0.2) is 0 Å². The molecular weight excluding hydrogens is 1100 g/mol. The molecule has 0 saturated heterocycles. The first-order valence-corrected chi connectivity index (χ1v) is 30.7. The van der Waals surface area contributed by atoms with E-state index in [1.165, 1.54) is 0 Å². The standard InChI is InChI=1S/C82H48N4O4/c1-3-23-49(24-4-1)83-67-37-17-11-31-59(67)81(60-32-12-18-38-68(60)83)63-45-77(85-65-35-15-7-27-51(65)55-43-57-53-29-9-21-41-73(53)87-75(57)47-71(55)85)90-80(63)82(61-33-13-19-39-69(61)84(50-25-5-2-6-26-50)70-40-20-14-34-62(70)82)64-46-78(89-79(64)81)86-66-36-16-8-28-52(66)56-44-58-54-30-10-22-42-74(54)88-76(58)48-72(56)86/h1-48H. The number of rotatable bonds is 4. The molecule has 0 amide bonds. The normalized spacial score (nSPS) is 14.4. The Kier molecular flexibility index (Phi) is 9.30. The van der Waals surface area contributed by atoms with Gasteiger partial charge in [-0.2, -0.15) is 0 Å². The van der Waals surface area contributed by atoms with Crippen molar-refractivity contribution in [3.8, 4) is 11.8 Å². The summed E-state index contributed by atoms with van der Waals surface area (Å²) in [4.78, 5) is 4.84. The first kappa shape index (κ1) is 48.2. The number of para-hydroxylation sites is 10. The molecule has 0 atom stereocenters. The Balaban J connectivity index is 0.956. The highest BCUT2D eigenvalue weighted by Gasteiger charge is 2.64. The highest BCUT2D eigenvalue weighted by Crippen LogP contribution is 2.69. The smallest absolute Gasteiger partial charge is 0.205 e. The van der Waals surface area contributed by atoms with E-state index < -0.39 is 10.8 Å². The molecule has 6 aromatic heterocycles. The van der Waals surface area contributed by atoms with Crippen LogP contribution in [0.4, 0.5) is 34.1 Å². The largest absolute Gasteiger partial charge is 0.456 e. The van der Waals surface area contributed by atoms with Crippen LogP contribution in [0.3, 0.4) is 0 Å². The minimum absolute atomic E-state index is 0.670. The van der Waals surface area contributed by atoms with Gasteiger partial charge in [0.2, 0.25) is 11.8 Å². The topological polar surface area (TPSA) is 68.9 Å². The van der Waals surface area contributed by atoms with E-state index in [2.05, 4.69) is 298 Å². The zero-order valence-electron chi connectivity index (χ0n) is 48.1. The number of benzene rings is 12. The van der Waals surface area contributed by atoms with Crippen molar-refractivity contribution < 1.29 is 17.7 Å². The molecule has 0 N–H and O–H groups in total. The molecule has 0 saturated carbocycles. The van der Waals surface area contributed by atoms with Crippen molar-refractivity contribution in [3.63, 3.8) is 0 Å². The molecule has 2 aliphatic heterocycles. The number of hydrogen-bond donors (Lipinski definition) is 0. The SMILES string of the molecule is c1ccc(N2c3ccccc3C3(c4ccccc42)c2cc(-n4c5ccccc5c5cc6c(cc54)oc4ccccc46)oc2C2(c4ccccc4N(c4ccccc4)c4ccccc42)c2cc(-n4c5ccccc5c5cc6c(cc54)oc4ccccc46)oc23)cc1. The fourth-order valence-corrected chi connectivity index (χ4v) is 16.5. The lowest BCUT2D eigenvalue weighted by Crippen LogP contribution is -2.48. The van der Waals surface area contributed by atoms with E-state index in [0.717, 1.165) is 167 Å². The van der Waals surface area contributed by atoms with Crippen LogP contribution in [0.15, 0.2) is 309 Å². The molecule has 1 aliphatic carbocycles. The third-order valence-corrected chi connectivity index (χ3v) is 19.9. The number of anilines is 6. The summed E-state index contributed by atoms with van der Waals surface area (Å²) in [6.45, 7) is 0. The van der Waals surface area contributed by atoms with Crippen molar-refractivity contribution in [2.24, 2.45) is 0 Å². The average Bonchev–Trinajstić information content (AvgIpc) is 1.19. The number of fused-ring (bicyclic) bond motifs is 26. The van der Waals surface area contributed by atoms with Crippen LogP contribution in [0.2, 0.25) is 0 Å². The molecule has 18 aromatic rings. The van der Waals surface area contributed by atoms with Crippen LogP contribution in [0, 0.1) is 0 Å². The number of nitrogens with zero attached hydrogens (tertiary/aromatic N) is 4. The summed E-state index contributed by atoms with van der Waals surface area (Å²) in [6, 6.07) is 105. The predicted molar refractivity (Wildman–Crippen MR) is 361 cm³/mol. The maximum absolute atomic E-state index is 8.37. The van der Waals surface area contributed by atoms with E-state index >= 15 is 0 Å². The highest BCUT2D eigenvalue weighted by molar-refractivity contribution is 6.19. The van der Waals surface area contributed by atoms with Crippen LogP contribution in [-0.2, 0) is 10.8 Å². The Hall–Kier alpha value is -12.0. The fourth-order valence-electron chi connectivity index (χ4n) is 16.5. The van der Waals surface area contributed by atoms with Crippen LogP contribution in [0.25, 0.3) is 99.3 Å². The van der Waals surface area contributed by atoms with Crippen LogP contribution >= 0.6 is 0 Å². The second-order valence-electron chi connectivity index (χ2n) is 24.2. The summed E-state index contributed by atoms with van der Waals surface area (Å²) in [7, 11) is 0. The first-order chi connectivity index (χ1) is 44.6. The third kappa shape index (κ3) is 5.95. The molecule has 420 valence electrons. The van der Waals surface area contributed by atoms with E-state index in [9.17, 15) is 0 Å². The van der Waals surface area contributed by atoms with Crippen LogP contribution < -0.4 is 9.80 Å². The van der Waals surface area contributed by atoms with Gasteiger partial charge in [0, 0.05) is 89.9 Å². The molecule has 2 spiro atoms. The maximum atomic E-state index is 8.37. The molecule has 8 nitrogen and oxygen atoms in total. The molecule has 0 radical (unpaired) electrons. The molecule has 3 aliphatic rings. The Labute approximate surface area is 514 Å². The van der Waals surface area contributed by atoms with Crippen molar-refractivity contribution in [1.29, 1.82) is 0 Å². The second kappa shape index (κ2) is 17.4. The van der Waals surface area contributed by atoms with Gasteiger partial charge < -0.3 is 27.5 Å². The Morgan fingerprint density at radius 3 is 0.956 bits per heavy atom. The van der Waals surface area contributed by atoms with Gasteiger partial charge in [-0.3, -0.25) is 9.13 Å². The van der Waals surface area contributed by atoms with Gasteiger partial charge >= 0.3 is 0 Å². The monoisotopic (exact) mass is 1150 g/mol. The van der Waals surface area contributed by atoms with Gasteiger partial charge in [-0.05, 0) is 107 Å². The molecule has 8 heteroatoms. The molecular formula is C82H48N4O4. The van der Waals surface area contributed by atoms with Gasteiger partial charge in [0.25, 0.3) is 0 Å². The third-order valence-electron chi connectivity index (χ3n) is 19.9. The lowest BCUT2D eigenvalue weighted by Gasteiger charge is -2.51. The Morgan fingerprint density at radius 2 is 0.556 bits per heavy atom. The van der Waals surface area contributed by atoms with E-state index in [4.69, 9.17) is 17.7 Å². The minimum Gasteiger partial charge on any atom is -0.456 e. The average molecular weight is 1150 g/mol. The summed E-state index contributed by atoms with van der Waals surface area (Å²) >= 11 is 0. The molecule has 90 heavy (non-hydrogen) atoms. The van der Waals surface area contributed by atoms with Crippen molar-refractivity contribution >= 4 is 122 Å². The summed E-state index contributed by atoms with van der Waals surface area (Å²) in [5, 5.41) is 8.73. The number of aromatic nitrogens is 2. The lowest BCUT2D eigenvalue weighted by atomic mass is 9.53. The van der Waals surface area contributed by atoms with Crippen molar-refractivity contribution in [2.45, 2.75) is 10.8 Å². The van der Waals surface area contributed by atoms with Crippen LogP contribution in [-0.4, -0.2) is 9.13 Å². The van der Waals surface area contributed by atoms with Crippen molar-refractivity contribution in [1.82, 2.24) is 9.13 Å². The number of furan rings is 4. The van der Waals surface area contributed by atoms with E-state index in [0.29, 0.717) is 11.8 Å². The molecule has 0 fully saturated rings. The maximum Gasteiger partial charge on any atom is 0.205 e. The van der Waals surface area contributed by atoms with Crippen molar-refractivity contribution in [3.05, 3.63) is 336 Å². The molecule has 21 rings (SSSR count). The summed E-state index contributed by atoms with van der Waals surface area (Å²) < 4.78 is 34.9. The van der Waals surface area contributed by atoms with E-state index in [1.54, 1.807) is 0 Å². The molecule has 0 bridgehead atoms. The zero-order chi connectivity index (χ0) is 58.6. The van der Waals surface area contributed by atoms with Crippen LogP contribution in [0.5, 0.6) is 0 Å². The second-order valence-corrected chi connectivity index (χ2v) is 24.2. The van der Waals surface area contributed by atoms with Gasteiger partial charge in [-0.15, -0.1) is 0 Å². The minimum atomic E-state index is -1.16.